The lowest BCUT2D eigenvalue weighted by Crippen LogP contribution is -2.28. The third kappa shape index (κ3) is 4.78. The molecule has 18 heavy (non-hydrogen) atoms. The number of methoxy groups -OCH3 is 1. The molecule has 0 aromatic carbocycles. The average molecular weight is 258 g/mol. The van der Waals surface area contributed by atoms with Crippen molar-refractivity contribution in [3.05, 3.63) is 12.0 Å². The van der Waals surface area contributed by atoms with Gasteiger partial charge in [0.2, 0.25) is 5.95 Å². The molecular formula is C10H19FN6O. The fourth-order valence-electron chi connectivity index (χ4n) is 1.28. The van der Waals surface area contributed by atoms with E-state index in [9.17, 15) is 4.39 Å². The lowest BCUT2D eigenvalue weighted by molar-refractivity contribution is 0.163. The van der Waals surface area contributed by atoms with Crippen molar-refractivity contribution in [3.63, 3.8) is 0 Å². The van der Waals surface area contributed by atoms with E-state index in [0.717, 1.165) is 19.3 Å². The van der Waals surface area contributed by atoms with E-state index in [1.54, 1.807) is 7.11 Å². The topological polar surface area (TPSA) is 88.3 Å². The number of nitrogens with two attached hydrogens (primary N) is 1. The van der Waals surface area contributed by atoms with Gasteiger partial charge in [-0.25, -0.2) is 15.2 Å². The van der Waals surface area contributed by atoms with Crippen LogP contribution in [0.3, 0.4) is 0 Å². The van der Waals surface area contributed by atoms with Gasteiger partial charge in [0, 0.05) is 26.7 Å². The predicted octanol–water partition coefficient (Wildman–Crippen LogP) is -0.109. The Morgan fingerprint density at radius 2 is 2.28 bits per heavy atom. The molecule has 0 spiro atoms. The van der Waals surface area contributed by atoms with Crippen LogP contribution in [0.2, 0.25) is 0 Å². The maximum atomic E-state index is 13.3. The zero-order valence-corrected chi connectivity index (χ0v) is 10.6. The number of likely N-dealkylation sites (N-methyl/N-ethyl adjacent to an activating group) is 1. The lowest BCUT2D eigenvalue weighted by atomic mass is 10.4. The molecule has 0 radical (unpaired) electrons. The van der Waals surface area contributed by atoms with Gasteiger partial charge in [0.15, 0.2) is 11.6 Å². The van der Waals surface area contributed by atoms with Crippen LogP contribution in [-0.2, 0) is 4.74 Å². The van der Waals surface area contributed by atoms with Crippen molar-refractivity contribution in [3.8, 4) is 0 Å². The van der Waals surface area contributed by atoms with Gasteiger partial charge in [0.1, 0.15) is 0 Å². The Morgan fingerprint density at radius 1 is 1.50 bits per heavy atom. The van der Waals surface area contributed by atoms with E-state index < -0.39 is 5.82 Å². The van der Waals surface area contributed by atoms with E-state index in [1.165, 1.54) is 0 Å². The zero-order valence-electron chi connectivity index (χ0n) is 10.6. The predicted molar refractivity (Wildman–Crippen MR) is 67.7 cm³/mol. The quantitative estimate of drug-likeness (QED) is 0.443. The summed E-state index contributed by atoms with van der Waals surface area (Å²) < 4.78 is 18.3. The highest BCUT2D eigenvalue weighted by Gasteiger charge is 2.06. The van der Waals surface area contributed by atoms with Crippen LogP contribution in [0.1, 0.15) is 0 Å². The number of hydrazine groups is 1. The highest BCUT2D eigenvalue weighted by Crippen LogP contribution is 2.10. The largest absolute Gasteiger partial charge is 0.383 e. The van der Waals surface area contributed by atoms with Gasteiger partial charge >= 0.3 is 0 Å². The van der Waals surface area contributed by atoms with Gasteiger partial charge < -0.3 is 15.0 Å². The summed E-state index contributed by atoms with van der Waals surface area (Å²) in [5.74, 6) is 4.96. The number of aromatic nitrogens is 2. The molecule has 1 aromatic rings. The molecule has 0 aliphatic carbocycles. The van der Waals surface area contributed by atoms with Crippen molar-refractivity contribution in [1.82, 2.24) is 14.9 Å². The number of nitrogen functional groups attached to an aromatic ring is 1. The Hall–Kier alpha value is -1.51. The molecule has 0 saturated heterocycles. The Bertz CT molecular complexity index is 364. The van der Waals surface area contributed by atoms with Crippen LogP contribution in [0, 0.1) is 5.82 Å². The molecule has 1 aromatic heterocycles. The molecule has 0 aliphatic rings. The highest BCUT2D eigenvalue weighted by atomic mass is 19.1. The molecule has 0 bridgehead atoms. The van der Waals surface area contributed by atoms with Crippen LogP contribution in [0.4, 0.5) is 16.2 Å². The van der Waals surface area contributed by atoms with Crippen molar-refractivity contribution >= 4 is 11.8 Å². The second-order valence-corrected chi connectivity index (χ2v) is 3.76. The molecule has 0 amide bonds. The summed E-state index contributed by atoms with van der Waals surface area (Å²) in [6.07, 6.45) is 1.07. The summed E-state index contributed by atoms with van der Waals surface area (Å²) in [5.41, 5.74) is 2.27. The summed E-state index contributed by atoms with van der Waals surface area (Å²) in [6.45, 7) is 2.80. The minimum atomic E-state index is -0.506. The molecule has 0 aliphatic heterocycles. The minimum absolute atomic E-state index is 0.137. The monoisotopic (exact) mass is 258 g/mol. The van der Waals surface area contributed by atoms with Crippen molar-refractivity contribution in [1.29, 1.82) is 0 Å². The first-order valence-electron chi connectivity index (χ1n) is 5.58. The maximum Gasteiger partial charge on any atom is 0.239 e. The molecular weight excluding hydrogens is 239 g/mol. The van der Waals surface area contributed by atoms with E-state index in [2.05, 4.69) is 25.6 Å². The van der Waals surface area contributed by atoms with E-state index in [-0.39, 0.29) is 11.8 Å². The maximum absolute atomic E-state index is 13.3. The number of halogens is 1. The first kappa shape index (κ1) is 14.6. The van der Waals surface area contributed by atoms with Crippen LogP contribution in [0.15, 0.2) is 6.20 Å². The average Bonchev–Trinajstić information content (AvgIpc) is 2.38. The number of hydrogen-bond acceptors (Lipinski definition) is 7. The number of anilines is 2. The fraction of sp³-hybridized carbons (Fsp3) is 0.600. The molecule has 0 fully saturated rings. The molecule has 102 valence electrons. The molecule has 1 heterocycles. The van der Waals surface area contributed by atoms with Gasteiger partial charge in [-0.1, -0.05) is 0 Å². The van der Waals surface area contributed by atoms with Crippen molar-refractivity contribution in [2.45, 2.75) is 0 Å². The number of nitrogens with zero attached hydrogens (tertiary/aromatic N) is 3. The summed E-state index contributed by atoms with van der Waals surface area (Å²) in [5, 5.41) is 2.89. The van der Waals surface area contributed by atoms with E-state index in [4.69, 9.17) is 10.6 Å². The van der Waals surface area contributed by atoms with Gasteiger partial charge in [-0.3, -0.25) is 5.43 Å². The molecule has 4 N–H and O–H groups in total. The summed E-state index contributed by atoms with van der Waals surface area (Å²) in [4.78, 5) is 9.59. The summed E-state index contributed by atoms with van der Waals surface area (Å²) in [6, 6.07) is 0. The Labute approximate surface area is 106 Å². The standard InChI is InChI=1S/C10H19FN6O/c1-17(5-6-18-2)4-3-13-9-8(11)7-14-10(15-9)16-12/h7H,3-6,12H2,1-2H3,(H2,13,14,15,16). The van der Waals surface area contributed by atoms with E-state index in [1.807, 2.05) is 7.05 Å². The fourth-order valence-corrected chi connectivity index (χ4v) is 1.28. The van der Waals surface area contributed by atoms with Gasteiger partial charge in [-0.05, 0) is 7.05 Å². The second kappa shape index (κ2) is 7.75. The normalized spacial score (nSPS) is 10.7. The van der Waals surface area contributed by atoms with Crippen LogP contribution in [-0.4, -0.2) is 55.3 Å². The van der Waals surface area contributed by atoms with Gasteiger partial charge in [-0.15, -0.1) is 0 Å². The van der Waals surface area contributed by atoms with Gasteiger partial charge in [-0.2, -0.15) is 4.98 Å². The number of hydrogen-bond donors (Lipinski definition) is 3. The lowest BCUT2D eigenvalue weighted by Gasteiger charge is -2.16. The molecule has 7 nitrogen and oxygen atoms in total. The first-order valence-corrected chi connectivity index (χ1v) is 5.58. The van der Waals surface area contributed by atoms with Crippen LogP contribution < -0.4 is 16.6 Å². The summed E-state index contributed by atoms with van der Waals surface area (Å²) >= 11 is 0. The van der Waals surface area contributed by atoms with Crippen LogP contribution in [0.25, 0.3) is 0 Å². The van der Waals surface area contributed by atoms with Crippen molar-refractivity contribution in [2.75, 3.05) is 51.1 Å². The molecule has 1 rings (SSSR count). The SMILES string of the molecule is COCCN(C)CCNc1nc(NN)ncc1F. The molecule has 0 saturated carbocycles. The van der Waals surface area contributed by atoms with Crippen molar-refractivity contribution in [2.24, 2.45) is 5.84 Å². The van der Waals surface area contributed by atoms with Crippen LogP contribution in [0.5, 0.6) is 0 Å². The summed E-state index contributed by atoms with van der Waals surface area (Å²) in [7, 11) is 3.62. The second-order valence-electron chi connectivity index (χ2n) is 3.76. The smallest absolute Gasteiger partial charge is 0.239 e. The number of rotatable bonds is 8. The number of ether oxygens (including phenoxy) is 1. The molecule has 8 heteroatoms. The van der Waals surface area contributed by atoms with Gasteiger partial charge in [0.25, 0.3) is 0 Å². The Kier molecular flexibility index (Phi) is 6.26. The molecule has 0 atom stereocenters. The third-order valence-corrected chi connectivity index (χ3v) is 2.34. The van der Waals surface area contributed by atoms with Gasteiger partial charge in [0.05, 0.1) is 12.8 Å². The molecule has 0 unspecified atom stereocenters. The Balaban J connectivity index is 2.38. The third-order valence-electron chi connectivity index (χ3n) is 2.34. The van der Waals surface area contributed by atoms with Crippen molar-refractivity contribution < 1.29 is 9.13 Å². The minimum Gasteiger partial charge on any atom is -0.383 e. The van der Waals surface area contributed by atoms with Crippen LogP contribution >= 0.6 is 0 Å². The van der Waals surface area contributed by atoms with E-state index in [0.29, 0.717) is 13.2 Å². The highest BCUT2D eigenvalue weighted by molar-refractivity contribution is 5.40. The Morgan fingerprint density at radius 3 is 2.94 bits per heavy atom. The number of nitrogens with one attached hydrogen (secondary N) is 2. The first-order chi connectivity index (χ1) is 8.67. The van der Waals surface area contributed by atoms with E-state index >= 15 is 0 Å². The zero-order chi connectivity index (χ0) is 13.4.